The maximum Gasteiger partial charge on any atom is 0.271 e. The van der Waals surface area contributed by atoms with Crippen LogP contribution < -0.4 is 5.43 Å². The Morgan fingerprint density at radius 1 is 1.53 bits per heavy atom. The van der Waals surface area contributed by atoms with Crippen LogP contribution in [0.5, 0.6) is 0 Å². The highest BCUT2D eigenvalue weighted by molar-refractivity contribution is 5.95. The van der Waals surface area contributed by atoms with Crippen molar-refractivity contribution in [3.8, 4) is 0 Å². The van der Waals surface area contributed by atoms with Gasteiger partial charge in [-0.15, -0.1) is 0 Å². The Balaban J connectivity index is 2.70. The van der Waals surface area contributed by atoms with Gasteiger partial charge in [-0.1, -0.05) is 13.0 Å². The van der Waals surface area contributed by atoms with Gasteiger partial charge in [-0.3, -0.25) is 4.79 Å². The smallest absolute Gasteiger partial charge is 0.267 e. The summed E-state index contributed by atoms with van der Waals surface area (Å²) in [7, 11) is 0. The Morgan fingerprint density at radius 3 is 2.87 bits per heavy atom. The molecule has 0 aliphatic rings. The third-order valence-electron chi connectivity index (χ3n) is 1.95. The fraction of sp³-hybridized carbons (Fsp3) is 0.273. The SMILES string of the molecule is CCC(C)=NNC(=O)c1cccc(F)c1. The Bertz CT molecular complexity index is 388. The van der Waals surface area contributed by atoms with Crippen molar-refractivity contribution in [2.45, 2.75) is 20.3 Å². The predicted molar refractivity (Wildman–Crippen MR) is 57.3 cm³/mol. The van der Waals surface area contributed by atoms with E-state index in [-0.39, 0.29) is 5.56 Å². The van der Waals surface area contributed by atoms with E-state index in [1.807, 2.05) is 13.8 Å². The highest BCUT2D eigenvalue weighted by Gasteiger charge is 2.04. The molecule has 15 heavy (non-hydrogen) atoms. The molecule has 3 nitrogen and oxygen atoms in total. The number of carbonyl (C=O) groups is 1. The molecule has 80 valence electrons. The molecule has 0 aromatic heterocycles. The van der Waals surface area contributed by atoms with E-state index >= 15 is 0 Å². The molecule has 1 aromatic rings. The molecule has 0 fully saturated rings. The zero-order chi connectivity index (χ0) is 11.3. The Morgan fingerprint density at radius 2 is 2.27 bits per heavy atom. The molecule has 0 heterocycles. The molecule has 0 aliphatic heterocycles. The molecule has 0 spiro atoms. The van der Waals surface area contributed by atoms with Crippen LogP contribution in [0.25, 0.3) is 0 Å². The van der Waals surface area contributed by atoms with Gasteiger partial charge in [0.05, 0.1) is 0 Å². The lowest BCUT2D eigenvalue weighted by atomic mass is 10.2. The third kappa shape index (κ3) is 3.50. The molecule has 1 aromatic carbocycles. The number of hydrogen-bond donors (Lipinski definition) is 1. The number of rotatable bonds is 3. The van der Waals surface area contributed by atoms with E-state index in [4.69, 9.17) is 0 Å². The standard InChI is InChI=1S/C11H13FN2O/c1-3-8(2)13-14-11(15)9-5-4-6-10(12)7-9/h4-7H,3H2,1-2H3,(H,14,15). The quantitative estimate of drug-likeness (QED) is 0.601. The molecule has 1 amide bonds. The normalized spacial score (nSPS) is 11.3. The number of amides is 1. The lowest BCUT2D eigenvalue weighted by Crippen LogP contribution is -2.18. The van der Waals surface area contributed by atoms with Gasteiger partial charge in [-0.2, -0.15) is 5.10 Å². The molecule has 0 bridgehead atoms. The van der Waals surface area contributed by atoms with Crippen molar-refractivity contribution in [2.75, 3.05) is 0 Å². The lowest BCUT2D eigenvalue weighted by Gasteiger charge is -2.00. The second-order valence-electron chi connectivity index (χ2n) is 3.15. The largest absolute Gasteiger partial charge is 0.271 e. The lowest BCUT2D eigenvalue weighted by molar-refractivity contribution is 0.0954. The van der Waals surface area contributed by atoms with Crippen molar-refractivity contribution in [1.82, 2.24) is 5.43 Å². The Labute approximate surface area is 88.0 Å². The van der Waals surface area contributed by atoms with Gasteiger partial charge in [0, 0.05) is 11.3 Å². The summed E-state index contributed by atoms with van der Waals surface area (Å²) in [6, 6.07) is 5.49. The zero-order valence-corrected chi connectivity index (χ0v) is 8.75. The van der Waals surface area contributed by atoms with Gasteiger partial charge in [-0.25, -0.2) is 9.82 Å². The number of benzene rings is 1. The van der Waals surface area contributed by atoms with Gasteiger partial charge >= 0.3 is 0 Å². The van der Waals surface area contributed by atoms with Crippen LogP contribution in [0.3, 0.4) is 0 Å². The monoisotopic (exact) mass is 208 g/mol. The molecule has 0 aliphatic carbocycles. The van der Waals surface area contributed by atoms with Crippen LogP contribution in [-0.2, 0) is 0 Å². The number of halogens is 1. The third-order valence-corrected chi connectivity index (χ3v) is 1.95. The number of nitrogens with zero attached hydrogens (tertiary/aromatic N) is 1. The minimum Gasteiger partial charge on any atom is -0.267 e. The first-order chi connectivity index (χ1) is 7.13. The van der Waals surface area contributed by atoms with Crippen LogP contribution >= 0.6 is 0 Å². The summed E-state index contributed by atoms with van der Waals surface area (Å²) in [5.74, 6) is -0.832. The van der Waals surface area contributed by atoms with Crippen LogP contribution in [-0.4, -0.2) is 11.6 Å². The Hall–Kier alpha value is -1.71. The van der Waals surface area contributed by atoms with Crippen molar-refractivity contribution >= 4 is 11.6 Å². The van der Waals surface area contributed by atoms with E-state index in [9.17, 15) is 9.18 Å². The minimum absolute atomic E-state index is 0.266. The second kappa shape index (κ2) is 5.24. The summed E-state index contributed by atoms with van der Waals surface area (Å²) in [6.45, 7) is 3.75. The first-order valence-corrected chi connectivity index (χ1v) is 4.72. The molecule has 1 N–H and O–H groups in total. The summed E-state index contributed by atoms with van der Waals surface area (Å²) >= 11 is 0. The van der Waals surface area contributed by atoms with Crippen molar-refractivity contribution in [3.63, 3.8) is 0 Å². The average molecular weight is 208 g/mol. The van der Waals surface area contributed by atoms with Gasteiger partial charge in [0.25, 0.3) is 5.91 Å². The summed E-state index contributed by atoms with van der Waals surface area (Å²) in [6.07, 6.45) is 0.767. The van der Waals surface area contributed by atoms with Gasteiger partial charge in [-0.05, 0) is 31.5 Å². The van der Waals surface area contributed by atoms with Gasteiger partial charge < -0.3 is 0 Å². The number of hydrazone groups is 1. The van der Waals surface area contributed by atoms with Crippen LogP contribution in [0.4, 0.5) is 4.39 Å². The molecule has 0 saturated carbocycles. The van der Waals surface area contributed by atoms with Gasteiger partial charge in [0.2, 0.25) is 0 Å². The van der Waals surface area contributed by atoms with E-state index in [2.05, 4.69) is 10.5 Å². The summed E-state index contributed by atoms with van der Waals surface area (Å²) in [4.78, 5) is 11.4. The van der Waals surface area contributed by atoms with Crippen molar-refractivity contribution in [1.29, 1.82) is 0 Å². The molecular weight excluding hydrogens is 195 g/mol. The average Bonchev–Trinajstić information content (AvgIpc) is 2.25. The van der Waals surface area contributed by atoms with Crippen LogP contribution in [0.2, 0.25) is 0 Å². The van der Waals surface area contributed by atoms with Crippen molar-refractivity contribution in [2.24, 2.45) is 5.10 Å². The first-order valence-electron chi connectivity index (χ1n) is 4.72. The molecule has 0 radical (unpaired) electrons. The Kier molecular flexibility index (Phi) is 3.97. The highest BCUT2D eigenvalue weighted by atomic mass is 19.1. The van der Waals surface area contributed by atoms with Crippen molar-refractivity contribution in [3.05, 3.63) is 35.6 Å². The molecule has 4 heteroatoms. The number of hydrogen-bond acceptors (Lipinski definition) is 2. The summed E-state index contributed by atoms with van der Waals surface area (Å²) < 4.78 is 12.8. The van der Waals surface area contributed by atoms with Gasteiger partial charge in [0.1, 0.15) is 5.82 Å². The van der Waals surface area contributed by atoms with E-state index in [1.165, 1.54) is 24.3 Å². The topological polar surface area (TPSA) is 41.5 Å². The minimum atomic E-state index is -0.432. The zero-order valence-electron chi connectivity index (χ0n) is 8.75. The van der Waals surface area contributed by atoms with Crippen LogP contribution in [0, 0.1) is 5.82 Å². The van der Waals surface area contributed by atoms with Crippen LogP contribution in [0.15, 0.2) is 29.4 Å². The van der Waals surface area contributed by atoms with Gasteiger partial charge in [0.15, 0.2) is 0 Å². The second-order valence-corrected chi connectivity index (χ2v) is 3.15. The number of nitrogens with one attached hydrogen (secondary N) is 1. The summed E-state index contributed by atoms with van der Waals surface area (Å²) in [5, 5.41) is 3.84. The maximum atomic E-state index is 12.8. The molecule has 1 rings (SSSR count). The fourth-order valence-electron chi connectivity index (χ4n) is 0.920. The fourth-order valence-corrected chi connectivity index (χ4v) is 0.920. The number of carbonyl (C=O) groups excluding carboxylic acids is 1. The molecular formula is C11H13FN2O. The van der Waals surface area contributed by atoms with E-state index < -0.39 is 11.7 Å². The van der Waals surface area contributed by atoms with E-state index in [0.717, 1.165) is 12.1 Å². The predicted octanol–water partition coefficient (Wildman–Crippen LogP) is 2.34. The van der Waals surface area contributed by atoms with Crippen LogP contribution in [0.1, 0.15) is 30.6 Å². The molecule has 0 saturated heterocycles. The van der Waals surface area contributed by atoms with E-state index in [1.54, 1.807) is 0 Å². The van der Waals surface area contributed by atoms with Crippen molar-refractivity contribution < 1.29 is 9.18 Å². The maximum absolute atomic E-state index is 12.8. The highest BCUT2D eigenvalue weighted by Crippen LogP contribution is 2.02. The van der Waals surface area contributed by atoms with E-state index in [0.29, 0.717) is 0 Å². The summed E-state index contributed by atoms with van der Waals surface area (Å²) in [5.41, 5.74) is 3.44. The first kappa shape index (κ1) is 11.4. The molecule has 0 atom stereocenters. The molecule has 0 unspecified atom stereocenters.